The lowest BCUT2D eigenvalue weighted by molar-refractivity contribution is 0.0346. The first-order valence-corrected chi connectivity index (χ1v) is 9.30. The van der Waals surface area contributed by atoms with Crippen LogP contribution in [-0.2, 0) is 11.3 Å². The van der Waals surface area contributed by atoms with Crippen molar-refractivity contribution in [3.63, 3.8) is 0 Å². The minimum atomic E-state index is -0.0978. The van der Waals surface area contributed by atoms with Crippen molar-refractivity contribution >= 4 is 17.1 Å². The molecule has 3 aromatic heterocycles. The number of aromatic amines is 1. The first kappa shape index (κ1) is 16.4. The van der Waals surface area contributed by atoms with Crippen molar-refractivity contribution in [1.82, 2.24) is 24.5 Å². The maximum absolute atomic E-state index is 12.8. The van der Waals surface area contributed by atoms with Gasteiger partial charge in [0.25, 0.3) is 5.56 Å². The fourth-order valence-corrected chi connectivity index (χ4v) is 4.25. The van der Waals surface area contributed by atoms with Gasteiger partial charge in [0.1, 0.15) is 6.33 Å². The Hall–Kier alpha value is -2.03. The monoisotopic (exact) mass is 359 g/mol. The highest BCUT2D eigenvalue weighted by Crippen LogP contribution is 2.31. The molecule has 8 heteroatoms. The number of H-pyrrole nitrogens is 1. The topological polar surface area (TPSA) is 75.5 Å². The van der Waals surface area contributed by atoms with E-state index in [0.717, 1.165) is 49.0 Å². The molecule has 0 bridgehead atoms. The van der Waals surface area contributed by atoms with Crippen LogP contribution in [0.5, 0.6) is 0 Å². The van der Waals surface area contributed by atoms with Crippen molar-refractivity contribution in [3.8, 4) is 10.6 Å². The molecule has 1 saturated heterocycles. The highest BCUT2D eigenvalue weighted by molar-refractivity contribution is 7.15. The van der Waals surface area contributed by atoms with Gasteiger partial charge in [0.15, 0.2) is 0 Å². The molecule has 132 valence electrons. The average molecular weight is 359 g/mol. The molecule has 0 aliphatic carbocycles. The normalized spacial score (nSPS) is 16.1. The fourth-order valence-electron chi connectivity index (χ4n) is 3.18. The van der Waals surface area contributed by atoms with E-state index in [0.29, 0.717) is 5.78 Å². The van der Waals surface area contributed by atoms with E-state index in [1.54, 1.807) is 11.3 Å². The number of nitrogens with one attached hydrogen (secondary N) is 1. The van der Waals surface area contributed by atoms with Crippen LogP contribution in [0.3, 0.4) is 0 Å². The van der Waals surface area contributed by atoms with Crippen molar-refractivity contribution in [2.75, 3.05) is 26.3 Å². The number of rotatable bonds is 4. The number of fused-ring (bicyclic) bond motifs is 1. The highest BCUT2D eigenvalue weighted by atomic mass is 32.1. The van der Waals surface area contributed by atoms with Crippen LogP contribution in [0.2, 0.25) is 0 Å². The maximum Gasteiger partial charge on any atom is 0.279 e. The maximum atomic E-state index is 12.8. The Morgan fingerprint density at radius 1 is 1.32 bits per heavy atom. The fraction of sp³-hybridized carbons (Fsp3) is 0.471. The summed E-state index contributed by atoms with van der Waals surface area (Å²) in [5.41, 5.74) is 1.51. The molecule has 1 aliphatic rings. The second kappa shape index (κ2) is 6.70. The van der Waals surface area contributed by atoms with Crippen LogP contribution >= 0.6 is 11.3 Å². The number of ether oxygens (including phenoxy) is 1. The van der Waals surface area contributed by atoms with Gasteiger partial charge in [0.05, 0.1) is 23.8 Å². The quantitative estimate of drug-likeness (QED) is 0.772. The largest absolute Gasteiger partial charge is 0.379 e. The average Bonchev–Trinajstić information content (AvgIpc) is 3.24. The third-order valence-electron chi connectivity index (χ3n) is 4.45. The molecule has 1 aliphatic heterocycles. The van der Waals surface area contributed by atoms with Crippen molar-refractivity contribution in [1.29, 1.82) is 0 Å². The van der Waals surface area contributed by atoms with Gasteiger partial charge in [-0.05, 0) is 18.1 Å². The van der Waals surface area contributed by atoms with Crippen molar-refractivity contribution in [2.24, 2.45) is 0 Å². The van der Waals surface area contributed by atoms with Crippen molar-refractivity contribution in [2.45, 2.75) is 26.3 Å². The van der Waals surface area contributed by atoms with Gasteiger partial charge in [0.2, 0.25) is 5.78 Å². The highest BCUT2D eigenvalue weighted by Gasteiger charge is 2.19. The standard InChI is InChI=1S/C17H21N5O2S/c1-11(2)14-15(20-17-18-10-19-22(17)16(14)23)13-4-3-12(25-13)9-21-5-7-24-8-6-21/h3-4,10-11H,5-9H2,1-2H3,(H,18,19,20). The van der Waals surface area contributed by atoms with E-state index in [-0.39, 0.29) is 11.5 Å². The summed E-state index contributed by atoms with van der Waals surface area (Å²) < 4.78 is 6.74. The lowest BCUT2D eigenvalue weighted by Gasteiger charge is -2.25. The Morgan fingerprint density at radius 3 is 2.88 bits per heavy atom. The Kier molecular flexibility index (Phi) is 4.41. The third-order valence-corrected chi connectivity index (χ3v) is 5.53. The number of hydrogen-bond acceptors (Lipinski definition) is 6. The van der Waals surface area contributed by atoms with E-state index >= 15 is 0 Å². The summed E-state index contributed by atoms with van der Waals surface area (Å²) in [6, 6.07) is 4.23. The summed E-state index contributed by atoms with van der Waals surface area (Å²) >= 11 is 1.72. The predicted molar refractivity (Wildman–Crippen MR) is 97.1 cm³/mol. The van der Waals surface area contributed by atoms with E-state index < -0.39 is 0 Å². The zero-order chi connectivity index (χ0) is 17.4. The summed E-state index contributed by atoms with van der Waals surface area (Å²) in [6.07, 6.45) is 1.40. The van der Waals surface area contributed by atoms with Crippen molar-refractivity contribution < 1.29 is 4.74 Å². The lowest BCUT2D eigenvalue weighted by atomic mass is 10.0. The minimum Gasteiger partial charge on any atom is -0.379 e. The second-order valence-corrected chi connectivity index (χ2v) is 7.69. The molecule has 0 saturated carbocycles. The van der Waals surface area contributed by atoms with E-state index in [2.05, 4.69) is 32.1 Å². The summed E-state index contributed by atoms with van der Waals surface area (Å²) in [5.74, 6) is 0.574. The number of thiophene rings is 1. The molecule has 0 aromatic carbocycles. The van der Waals surface area contributed by atoms with Gasteiger partial charge in [-0.15, -0.1) is 11.3 Å². The lowest BCUT2D eigenvalue weighted by Crippen LogP contribution is -2.35. The molecular weight excluding hydrogens is 338 g/mol. The Morgan fingerprint density at radius 2 is 2.12 bits per heavy atom. The van der Waals surface area contributed by atoms with Gasteiger partial charge in [-0.2, -0.15) is 14.6 Å². The van der Waals surface area contributed by atoms with Gasteiger partial charge in [0, 0.05) is 30.1 Å². The zero-order valence-corrected chi connectivity index (χ0v) is 15.2. The Balaban J connectivity index is 1.71. The van der Waals surface area contributed by atoms with Crippen LogP contribution in [0.15, 0.2) is 23.3 Å². The van der Waals surface area contributed by atoms with Crippen LogP contribution < -0.4 is 5.56 Å². The van der Waals surface area contributed by atoms with E-state index in [1.165, 1.54) is 15.7 Å². The van der Waals surface area contributed by atoms with Crippen LogP contribution in [-0.4, -0.2) is 50.8 Å². The molecular formula is C17H21N5O2S. The number of aromatic nitrogens is 4. The number of hydrogen-bond donors (Lipinski definition) is 1. The summed E-state index contributed by atoms with van der Waals surface area (Å²) in [4.78, 5) is 25.0. The molecule has 0 atom stereocenters. The summed E-state index contributed by atoms with van der Waals surface area (Å²) in [6.45, 7) is 8.50. The third kappa shape index (κ3) is 3.12. The first-order chi connectivity index (χ1) is 12.1. The van der Waals surface area contributed by atoms with Gasteiger partial charge in [-0.3, -0.25) is 9.69 Å². The number of nitrogens with zero attached hydrogens (tertiary/aromatic N) is 4. The Labute approximate surface area is 149 Å². The van der Waals surface area contributed by atoms with Crippen LogP contribution in [0.4, 0.5) is 0 Å². The summed E-state index contributed by atoms with van der Waals surface area (Å²) in [5, 5.41) is 4.03. The molecule has 0 radical (unpaired) electrons. The number of morpholine rings is 1. The van der Waals surface area contributed by atoms with E-state index in [4.69, 9.17) is 4.74 Å². The molecule has 0 spiro atoms. The van der Waals surface area contributed by atoms with Gasteiger partial charge < -0.3 is 9.72 Å². The van der Waals surface area contributed by atoms with Crippen LogP contribution in [0.1, 0.15) is 30.2 Å². The second-order valence-electron chi connectivity index (χ2n) is 6.52. The molecule has 7 nitrogen and oxygen atoms in total. The summed E-state index contributed by atoms with van der Waals surface area (Å²) in [7, 11) is 0. The minimum absolute atomic E-state index is 0.0946. The SMILES string of the molecule is CC(C)c1c(-c2ccc(CN3CCOCC3)s2)[nH]c2ncnn2c1=O. The molecule has 4 heterocycles. The zero-order valence-electron chi connectivity index (χ0n) is 14.4. The molecule has 1 N–H and O–H groups in total. The van der Waals surface area contributed by atoms with Gasteiger partial charge in [-0.1, -0.05) is 13.8 Å². The molecule has 25 heavy (non-hydrogen) atoms. The van der Waals surface area contributed by atoms with E-state index in [9.17, 15) is 4.79 Å². The van der Waals surface area contributed by atoms with Crippen LogP contribution in [0, 0.1) is 0 Å². The molecule has 0 unspecified atom stereocenters. The Bertz CT molecular complexity index is 936. The molecule has 1 fully saturated rings. The van der Waals surface area contributed by atoms with Crippen LogP contribution in [0.25, 0.3) is 16.3 Å². The van der Waals surface area contributed by atoms with Gasteiger partial charge in [-0.25, -0.2) is 0 Å². The first-order valence-electron chi connectivity index (χ1n) is 8.48. The molecule has 3 aromatic rings. The van der Waals surface area contributed by atoms with E-state index in [1.807, 2.05) is 13.8 Å². The molecule has 4 rings (SSSR count). The van der Waals surface area contributed by atoms with Gasteiger partial charge >= 0.3 is 0 Å². The molecule has 0 amide bonds. The van der Waals surface area contributed by atoms with Crippen molar-refractivity contribution in [3.05, 3.63) is 39.3 Å². The smallest absolute Gasteiger partial charge is 0.279 e. The predicted octanol–water partition coefficient (Wildman–Crippen LogP) is 2.10.